The van der Waals surface area contributed by atoms with Crippen LogP contribution in [0.1, 0.15) is 30.4 Å². The van der Waals surface area contributed by atoms with Gasteiger partial charge in [0.15, 0.2) is 0 Å². The molecule has 0 aliphatic heterocycles. The first-order chi connectivity index (χ1) is 19.3. The van der Waals surface area contributed by atoms with Crippen LogP contribution in [-0.2, 0) is 31.7 Å². The smallest absolute Gasteiger partial charge is 0.480 e. The van der Waals surface area contributed by atoms with E-state index in [1.165, 1.54) is 0 Å². The molecule has 2 aromatic carbocycles. The van der Waals surface area contributed by atoms with Gasteiger partial charge in [-0.3, -0.25) is 9.59 Å². The Morgan fingerprint density at radius 2 is 1.31 bits per heavy atom. The van der Waals surface area contributed by atoms with Crippen LogP contribution in [0.15, 0.2) is 50.6 Å². The lowest BCUT2D eigenvalue weighted by Crippen LogP contribution is -2.33. The molecule has 11 nitrogen and oxygen atoms in total. The van der Waals surface area contributed by atoms with Crippen molar-refractivity contribution < 1.29 is 65.3 Å². The number of carbonyl (C=O) groups excluding carboxylic acids is 1. The Morgan fingerprint density at radius 3 is 1.69 bits per heavy atom. The van der Waals surface area contributed by atoms with Gasteiger partial charge >= 0.3 is 32.6 Å². The molecule has 0 radical (unpaired) electrons. The Kier molecular flexibility index (Phi) is 11.6. The van der Waals surface area contributed by atoms with Crippen LogP contribution in [0.5, 0.6) is 0 Å². The summed E-state index contributed by atoms with van der Waals surface area (Å²) in [4.78, 5) is 21.2. The quantitative estimate of drug-likeness (QED) is 0.0935. The minimum absolute atomic E-state index is 0.0588. The van der Waals surface area contributed by atoms with E-state index in [9.17, 15) is 60.2 Å². The summed E-state index contributed by atoms with van der Waals surface area (Å²) in [5, 5.41) is 49.1. The van der Waals surface area contributed by atoms with Crippen molar-refractivity contribution in [2.75, 3.05) is 13.1 Å². The molecular formula is C22H25B2F6N3O8S. The first kappa shape index (κ1) is 35.0. The van der Waals surface area contributed by atoms with E-state index in [1.54, 1.807) is 0 Å². The number of hydrogen-bond acceptors (Lipinski definition) is 9. The zero-order valence-electron chi connectivity index (χ0n) is 21.4. The van der Waals surface area contributed by atoms with E-state index in [0.29, 0.717) is 24.3 Å². The summed E-state index contributed by atoms with van der Waals surface area (Å²) < 4.78 is 99.5. The number of carboxylic acids is 1. The molecular weight excluding hydrogens is 602 g/mol. The number of carbonyl (C=O) groups is 2. The number of rotatable bonds is 12. The van der Waals surface area contributed by atoms with Gasteiger partial charge in [-0.1, -0.05) is 12.1 Å². The topological polar surface area (TPSA) is 203 Å². The van der Waals surface area contributed by atoms with Gasteiger partial charge in [0, 0.05) is 6.54 Å². The lowest BCUT2D eigenvalue weighted by molar-refractivity contribution is -0.139. The fourth-order valence-electron chi connectivity index (χ4n) is 3.52. The maximum atomic E-state index is 14.2. The van der Waals surface area contributed by atoms with Crippen LogP contribution < -0.4 is 22.0 Å². The molecule has 0 fully saturated rings. The minimum Gasteiger partial charge on any atom is -0.480 e. The molecule has 0 aliphatic carbocycles. The van der Waals surface area contributed by atoms with Crippen LogP contribution in [0.2, 0.25) is 0 Å². The third-order valence-electron chi connectivity index (χ3n) is 5.72. The largest absolute Gasteiger partial charge is 0.488 e. The van der Waals surface area contributed by atoms with Crippen LogP contribution >= 0.6 is 0 Å². The van der Waals surface area contributed by atoms with Crippen LogP contribution in [-0.4, -0.2) is 74.7 Å². The molecule has 8 N–H and O–H groups in total. The highest BCUT2D eigenvalue weighted by Crippen LogP contribution is 2.35. The van der Waals surface area contributed by atoms with E-state index in [2.05, 4.69) is 9.68 Å². The Bertz CT molecular complexity index is 1340. The average Bonchev–Trinajstić information content (AvgIpc) is 2.89. The molecule has 230 valence electrons. The second-order valence-electron chi connectivity index (χ2n) is 8.93. The van der Waals surface area contributed by atoms with Crippen LogP contribution in [0.25, 0.3) is 0 Å². The Labute approximate surface area is 235 Å². The molecule has 1 amide bonds. The fraction of sp³-hybridized carbons (Fsp3) is 0.364. The number of aliphatic carboxylic acids is 1. The van der Waals surface area contributed by atoms with Crippen molar-refractivity contribution in [1.29, 1.82) is 0 Å². The van der Waals surface area contributed by atoms with Gasteiger partial charge in [0.2, 0.25) is 5.91 Å². The third-order valence-corrected chi connectivity index (χ3v) is 7.96. The maximum absolute atomic E-state index is 14.2. The molecule has 0 saturated carbocycles. The third kappa shape index (κ3) is 9.43. The van der Waals surface area contributed by atoms with E-state index in [0.717, 1.165) is 0 Å². The van der Waals surface area contributed by atoms with E-state index in [4.69, 9.17) is 10.8 Å². The van der Waals surface area contributed by atoms with Crippen LogP contribution in [0.4, 0.5) is 26.3 Å². The first-order valence-electron chi connectivity index (χ1n) is 11.9. The van der Waals surface area contributed by atoms with Gasteiger partial charge in [-0.25, -0.2) is 8.57 Å². The summed E-state index contributed by atoms with van der Waals surface area (Å²) in [5.74, 6) is -2.19. The SMILES string of the molecule is N[C@@H](CCCCNC(=O)CN=S(=O)(c1cc(B(O)O)cc(C(F)(F)F)c1)c1cc(B(O)O)cc(C(F)(F)F)c1)C(=O)O. The molecule has 0 heterocycles. The number of amides is 1. The second kappa shape index (κ2) is 13.9. The zero-order valence-corrected chi connectivity index (χ0v) is 22.2. The van der Waals surface area contributed by atoms with Crippen molar-refractivity contribution in [3.05, 3.63) is 47.5 Å². The number of nitrogens with two attached hydrogens (primary N) is 1. The first-order valence-corrected chi connectivity index (χ1v) is 13.4. The van der Waals surface area contributed by atoms with Gasteiger partial charge < -0.3 is 36.3 Å². The second-order valence-corrected chi connectivity index (χ2v) is 11.2. The number of alkyl halides is 6. The van der Waals surface area contributed by atoms with Gasteiger partial charge in [-0.2, -0.15) is 26.3 Å². The Morgan fingerprint density at radius 1 is 0.857 bits per heavy atom. The van der Waals surface area contributed by atoms with Crippen molar-refractivity contribution in [3.63, 3.8) is 0 Å². The normalized spacial score (nSPS) is 12.9. The highest BCUT2D eigenvalue weighted by atomic mass is 32.2. The van der Waals surface area contributed by atoms with Crippen LogP contribution in [0.3, 0.4) is 0 Å². The number of nitrogens with zero attached hydrogens (tertiary/aromatic N) is 1. The number of hydrogen-bond donors (Lipinski definition) is 7. The highest BCUT2D eigenvalue weighted by molar-refractivity contribution is 7.93. The fourth-order valence-corrected chi connectivity index (χ4v) is 5.55. The number of nitrogens with one attached hydrogen (secondary N) is 1. The predicted molar refractivity (Wildman–Crippen MR) is 137 cm³/mol. The van der Waals surface area contributed by atoms with E-state index in [1.807, 2.05) is 0 Å². The monoisotopic (exact) mass is 627 g/mol. The molecule has 0 saturated heterocycles. The van der Waals surface area contributed by atoms with Gasteiger partial charge in [-0.05, 0) is 54.5 Å². The molecule has 0 spiro atoms. The molecule has 20 heteroatoms. The molecule has 0 aliphatic rings. The molecule has 2 rings (SSSR count). The van der Waals surface area contributed by atoms with Gasteiger partial charge in [-0.15, -0.1) is 0 Å². The van der Waals surface area contributed by atoms with Gasteiger partial charge in [0.05, 0.1) is 20.9 Å². The molecule has 0 aromatic heterocycles. The minimum atomic E-state index is -5.15. The van der Waals surface area contributed by atoms with E-state index >= 15 is 0 Å². The molecule has 1 atom stereocenters. The number of benzene rings is 2. The maximum Gasteiger partial charge on any atom is 0.488 e. The molecule has 2 aromatic rings. The summed E-state index contributed by atoms with van der Waals surface area (Å²) in [6, 6.07) is 1.13. The predicted octanol–water partition coefficient (Wildman–Crippen LogP) is -0.332. The van der Waals surface area contributed by atoms with Crippen molar-refractivity contribution in [2.45, 2.75) is 47.4 Å². The molecule has 0 unspecified atom stereocenters. The van der Waals surface area contributed by atoms with Crippen molar-refractivity contribution in [1.82, 2.24) is 5.32 Å². The lowest BCUT2D eigenvalue weighted by atomic mass is 9.79. The van der Waals surface area contributed by atoms with Crippen LogP contribution in [0, 0.1) is 0 Å². The standard InChI is InChI=1S/C22H25B2F6N3O8S/c25-21(26,27)12-5-14(23(37)38)9-16(7-12)42(41,17-8-13(22(28,29)30)6-15(10-17)24(39)40)33-11-19(34)32-4-2-1-3-18(31)20(35)36/h5-10,18,37-40H,1-4,11,31H2,(H,32,34)(H,35,36)/t18-/m0/s1. The number of carboxylic acid groups (broad SMARTS) is 1. The number of unbranched alkanes of at least 4 members (excludes halogenated alkanes) is 1. The molecule has 0 bridgehead atoms. The average molecular weight is 627 g/mol. The highest BCUT2D eigenvalue weighted by Gasteiger charge is 2.36. The Hall–Kier alpha value is -3.16. The lowest BCUT2D eigenvalue weighted by Gasteiger charge is -2.18. The summed E-state index contributed by atoms with van der Waals surface area (Å²) in [5.41, 5.74) is 0.538. The zero-order chi connectivity index (χ0) is 32.0. The number of halogens is 6. The van der Waals surface area contributed by atoms with Crippen molar-refractivity contribution in [2.24, 2.45) is 10.1 Å². The van der Waals surface area contributed by atoms with Crippen molar-refractivity contribution in [3.8, 4) is 0 Å². The summed E-state index contributed by atoms with van der Waals surface area (Å²) in [6.45, 7) is -1.12. The summed E-state index contributed by atoms with van der Waals surface area (Å²) in [6.07, 6.45) is -9.72. The van der Waals surface area contributed by atoms with E-state index in [-0.39, 0.29) is 37.9 Å². The summed E-state index contributed by atoms with van der Waals surface area (Å²) >= 11 is 0. The summed E-state index contributed by atoms with van der Waals surface area (Å²) in [7, 11) is -9.71. The molecule has 42 heavy (non-hydrogen) atoms. The Balaban J connectivity index is 2.63. The van der Waals surface area contributed by atoms with Gasteiger partial charge in [0.1, 0.15) is 22.3 Å². The van der Waals surface area contributed by atoms with Gasteiger partial charge in [0.25, 0.3) is 0 Å². The van der Waals surface area contributed by atoms with Crippen molar-refractivity contribution >= 4 is 46.8 Å². The van der Waals surface area contributed by atoms with E-state index < -0.39 is 92.6 Å².